The smallest absolute Gasteiger partial charge is 0.225 e. The minimum absolute atomic E-state index is 0.0252. The molecule has 0 bridgehead atoms. The summed E-state index contributed by atoms with van der Waals surface area (Å²) in [5, 5.41) is 14.2. The number of benzene rings is 3. The van der Waals surface area contributed by atoms with Crippen molar-refractivity contribution in [1.29, 1.82) is 0 Å². The number of carbonyl (C=O) groups is 1. The molecule has 1 fully saturated rings. The Labute approximate surface area is 245 Å². The summed E-state index contributed by atoms with van der Waals surface area (Å²) in [6, 6.07) is 22.2. The molecule has 1 aliphatic heterocycles. The first-order valence-electron chi connectivity index (χ1n) is 15.5. The summed E-state index contributed by atoms with van der Waals surface area (Å²) in [5.74, 6) is 2.14. The van der Waals surface area contributed by atoms with Crippen molar-refractivity contribution in [2.24, 2.45) is 5.92 Å². The van der Waals surface area contributed by atoms with E-state index < -0.39 is 0 Å². The number of anilines is 1. The largest absolute Gasteiger partial charge is 0.457 e. The second kappa shape index (κ2) is 14.2. The van der Waals surface area contributed by atoms with E-state index in [1.807, 2.05) is 50.2 Å². The van der Waals surface area contributed by atoms with Gasteiger partial charge in [0.05, 0.1) is 18.8 Å². The predicted octanol–water partition coefficient (Wildman–Crippen LogP) is 8.18. The summed E-state index contributed by atoms with van der Waals surface area (Å²) in [6.07, 6.45) is 9.56. The Bertz CT molecular complexity index is 1250. The van der Waals surface area contributed by atoms with E-state index in [0.717, 1.165) is 58.7 Å². The van der Waals surface area contributed by atoms with Gasteiger partial charge in [-0.05, 0) is 68.7 Å². The van der Waals surface area contributed by atoms with Crippen LogP contribution >= 0.6 is 0 Å². The van der Waals surface area contributed by atoms with E-state index in [9.17, 15) is 9.90 Å². The number of amides is 1. The van der Waals surface area contributed by atoms with Gasteiger partial charge in [-0.25, -0.2) is 0 Å². The second-order valence-electron chi connectivity index (χ2n) is 12.0. The van der Waals surface area contributed by atoms with Crippen LogP contribution in [-0.2, 0) is 22.4 Å². The lowest BCUT2D eigenvalue weighted by Gasteiger charge is -2.28. The number of rotatable bonds is 12. The number of aliphatic hydroxyl groups is 1. The molecule has 218 valence electrons. The quantitative estimate of drug-likeness (QED) is 0.236. The molecule has 3 aromatic rings. The second-order valence-corrected chi connectivity index (χ2v) is 12.0. The van der Waals surface area contributed by atoms with E-state index in [0.29, 0.717) is 25.4 Å². The third-order valence-electron chi connectivity index (χ3n) is 8.60. The van der Waals surface area contributed by atoms with Gasteiger partial charge in [0.2, 0.25) is 5.91 Å². The molecule has 5 heteroatoms. The SMILES string of the molecule is CC(C)OCCc1cccc(CCC(O)CC2CCCCC2)c1NC(=O)CC1c2ccccc2Oc2ccccc21. The Morgan fingerprint density at radius 2 is 1.54 bits per heavy atom. The van der Waals surface area contributed by atoms with E-state index in [2.05, 4.69) is 35.6 Å². The van der Waals surface area contributed by atoms with Crippen LogP contribution in [0.25, 0.3) is 0 Å². The lowest BCUT2D eigenvalue weighted by molar-refractivity contribution is -0.116. The first kappa shape index (κ1) is 29.3. The third-order valence-corrected chi connectivity index (χ3v) is 8.60. The number of hydrogen-bond acceptors (Lipinski definition) is 4. The van der Waals surface area contributed by atoms with Crippen LogP contribution in [0.4, 0.5) is 5.69 Å². The van der Waals surface area contributed by atoms with Crippen LogP contribution in [0.1, 0.15) is 93.4 Å². The molecular formula is C36H45NO4. The fraction of sp³-hybridized carbons (Fsp3) is 0.472. The number of aryl methyl sites for hydroxylation is 1. The van der Waals surface area contributed by atoms with Gasteiger partial charge in [-0.15, -0.1) is 0 Å². The minimum atomic E-state index is -0.315. The van der Waals surface area contributed by atoms with Crippen molar-refractivity contribution in [3.63, 3.8) is 0 Å². The van der Waals surface area contributed by atoms with Gasteiger partial charge in [-0.2, -0.15) is 0 Å². The molecule has 0 spiro atoms. The molecule has 1 amide bonds. The summed E-state index contributed by atoms with van der Waals surface area (Å²) < 4.78 is 12.0. The average Bonchev–Trinajstić information content (AvgIpc) is 2.97. The molecule has 0 aromatic heterocycles. The first-order chi connectivity index (χ1) is 20.0. The summed E-state index contributed by atoms with van der Waals surface area (Å²) in [6.45, 7) is 4.67. The van der Waals surface area contributed by atoms with Gasteiger partial charge in [0.1, 0.15) is 11.5 Å². The zero-order valence-corrected chi connectivity index (χ0v) is 24.6. The highest BCUT2D eigenvalue weighted by Gasteiger charge is 2.29. The van der Waals surface area contributed by atoms with Crippen LogP contribution in [-0.4, -0.2) is 29.8 Å². The van der Waals surface area contributed by atoms with Crippen LogP contribution in [0.15, 0.2) is 66.7 Å². The maximum Gasteiger partial charge on any atom is 0.225 e. The fourth-order valence-electron chi connectivity index (χ4n) is 6.49. The molecule has 0 radical (unpaired) electrons. The molecule has 5 rings (SSSR count). The van der Waals surface area contributed by atoms with E-state index in [1.54, 1.807) is 0 Å². The summed E-state index contributed by atoms with van der Waals surface area (Å²) in [7, 11) is 0. The molecule has 41 heavy (non-hydrogen) atoms. The molecule has 0 saturated heterocycles. The summed E-state index contributed by atoms with van der Waals surface area (Å²) >= 11 is 0. The highest BCUT2D eigenvalue weighted by Crippen LogP contribution is 2.45. The van der Waals surface area contributed by atoms with Gasteiger partial charge in [0, 0.05) is 29.2 Å². The Hall–Kier alpha value is -3.15. The lowest BCUT2D eigenvalue weighted by Crippen LogP contribution is -2.21. The highest BCUT2D eigenvalue weighted by molar-refractivity contribution is 5.93. The number of hydrogen-bond donors (Lipinski definition) is 2. The number of aliphatic hydroxyl groups excluding tert-OH is 1. The van der Waals surface area contributed by atoms with Crippen molar-refractivity contribution in [1.82, 2.24) is 0 Å². The standard InChI is InChI=1S/C36H45NO4/c1-25(2)40-22-21-28-14-10-13-27(19-20-29(38)23-26-11-4-3-5-12-26)36(28)37-35(39)24-32-30-15-6-8-17-33(30)41-34-18-9-7-16-31(32)34/h6-10,13-18,25-26,29,32,38H,3-5,11-12,19-24H2,1-2H3,(H,37,39). The van der Waals surface area contributed by atoms with Crippen molar-refractivity contribution < 1.29 is 19.4 Å². The zero-order valence-electron chi connectivity index (χ0n) is 24.6. The number of fused-ring (bicyclic) bond motifs is 2. The van der Waals surface area contributed by atoms with Crippen LogP contribution in [0.3, 0.4) is 0 Å². The summed E-state index contributed by atoms with van der Waals surface area (Å²) in [4.78, 5) is 13.8. The van der Waals surface area contributed by atoms with Gasteiger partial charge < -0.3 is 19.9 Å². The molecule has 2 N–H and O–H groups in total. The predicted molar refractivity (Wildman–Crippen MR) is 165 cm³/mol. The zero-order chi connectivity index (χ0) is 28.6. The molecule has 1 unspecified atom stereocenters. The molecule has 1 aliphatic carbocycles. The highest BCUT2D eigenvalue weighted by atomic mass is 16.5. The number of carbonyl (C=O) groups excluding carboxylic acids is 1. The van der Waals surface area contributed by atoms with Crippen molar-refractivity contribution in [3.8, 4) is 11.5 Å². The maximum absolute atomic E-state index is 13.8. The Morgan fingerprint density at radius 3 is 2.20 bits per heavy atom. The fourth-order valence-corrected chi connectivity index (χ4v) is 6.49. The average molecular weight is 556 g/mol. The van der Waals surface area contributed by atoms with E-state index >= 15 is 0 Å². The van der Waals surface area contributed by atoms with Gasteiger partial charge in [-0.1, -0.05) is 86.7 Å². The van der Waals surface area contributed by atoms with Crippen LogP contribution in [0, 0.1) is 5.92 Å². The number of para-hydroxylation sites is 3. The maximum atomic E-state index is 13.8. The topological polar surface area (TPSA) is 67.8 Å². The molecule has 5 nitrogen and oxygen atoms in total. The molecule has 1 atom stereocenters. The third kappa shape index (κ3) is 7.78. The molecule has 1 saturated carbocycles. The lowest BCUT2D eigenvalue weighted by atomic mass is 9.84. The van der Waals surface area contributed by atoms with Crippen molar-refractivity contribution in [3.05, 3.63) is 89.0 Å². The minimum Gasteiger partial charge on any atom is -0.457 e. The van der Waals surface area contributed by atoms with E-state index in [-0.39, 0.29) is 24.0 Å². The first-order valence-corrected chi connectivity index (χ1v) is 15.5. The van der Waals surface area contributed by atoms with Gasteiger partial charge in [0.25, 0.3) is 0 Å². The Kier molecular flexibility index (Phi) is 10.1. The van der Waals surface area contributed by atoms with Crippen molar-refractivity contribution >= 4 is 11.6 Å². The number of nitrogens with one attached hydrogen (secondary N) is 1. The molecule has 3 aromatic carbocycles. The van der Waals surface area contributed by atoms with Gasteiger partial charge >= 0.3 is 0 Å². The van der Waals surface area contributed by atoms with Crippen molar-refractivity contribution in [2.45, 2.75) is 96.2 Å². The monoisotopic (exact) mass is 555 g/mol. The Morgan fingerprint density at radius 1 is 0.902 bits per heavy atom. The van der Waals surface area contributed by atoms with Crippen LogP contribution in [0.2, 0.25) is 0 Å². The van der Waals surface area contributed by atoms with Crippen LogP contribution < -0.4 is 10.1 Å². The number of ether oxygens (including phenoxy) is 2. The molecule has 1 heterocycles. The summed E-state index contributed by atoms with van der Waals surface area (Å²) in [5.41, 5.74) is 5.10. The van der Waals surface area contributed by atoms with Crippen LogP contribution in [0.5, 0.6) is 11.5 Å². The molecular weight excluding hydrogens is 510 g/mol. The molecule has 2 aliphatic rings. The van der Waals surface area contributed by atoms with Gasteiger partial charge in [-0.3, -0.25) is 4.79 Å². The van der Waals surface area contributed by atoms with E-state index in [4.69, 9.17) is 9.47 Å². The van der Waals surface area contributed by atoms with Gasteiger partial charge in [0.15, 0.2) is 0 Å². The van der Waals surface area contributed by atoms with Crippen molar-refractivity contribution in [2.75, 3.05) is 11.9 Å². The normalized spacial score (nSPS) is 16.1. The van der Waals surface area contributed by atoms with E-state index in [1.165, 1.54) is 32.1 Å². The Balaban J connectivity index is 1.33.